The van der Waals surface area contributed by atoms with Crippen LogP contribution in [0, 0.1) is 5.92 Å². The fraction of sp³-hybridized carbons (Fsp3) is 0.464. The Morgan fingerprint density at radius 1 is 1.07 bits per heavy atom. The van der Waals surface area contributed by atoms with E-state index in [9.17, 15) is 27.6 Å². The first-order valence-corrected chi connectivity index (χ1v) is 14.5. The smallest absolute Gasteiger partial charge is 0.339 e. The van der Waals surface area contributed by atoms with Gasteiger partial charge in [-0.15, -0.1) is 0 Å². The lowest BCUT2D eigenvalue weighted by atomic mass is 10.1. The van der Waals surface area contributed by atoms with Crippen LogP contribution in [0.25, 0.3) is 11.3 Å². The quantitative estimate of drug-likeness (QED) is 0.437. The number of alkyl halides is 3. The molecule has 3 aromatic rings. The number of carbonyl (C=O) groups is 3. The predicted octanol–water partition coefficient (Wildman–Crippen LogP) is 3.44. The second kappa shape index (κ2) is 11.3. The summed E-state index contributed by atoms with van der Waals surface area (Å²) in [6, 6.07) is 4.41. The van der Waals surface area contributed by atoms with Gasteiger partial charge in [-0.3, -0.25) is 19.1 Å². The number of piperazine rings is 1. The Morgan fingerprint density at radius 2 is 1.79 bits per heavy atom. The van der Waals surface area contributed by atoms with Crippen molar-refractivity contribution in [3.05, 3.63) is 52.7 Å². The molecule has 1 atom stereocenters. The molecule has 1 aliphatic carbocycles. The Hall–Kier alpha value is -3.91. The lowest BCUT2D eigenvalue weighted by Gasteiger charge is -2.36. The average molecular weight is 619 g/mol. The van der Waals surface area contributed by atoms with Gasteiger partial charge in [-0.1, -0.05) is 11.6 Å². The standard InChI is InChI=1S/C28H30ClF3N8O3/c1-37-22(20-15-40(18-3-4-18)36-23(20)28(30,31)32)14-34-24(37)25(41)35-17-2-5-19(21(29)12-17)27(43)39-10-8-38(9-11-39)26(42)16-6-7-33-13-16/h2,5,12,14-16,18,33H,3-4,6-11,13H2,1H3,(H,35,41). The third kappa shape index (κ3) is 5.85. The Kier molecular flexibility index (Phi) is 7.67. The second-order valence-corrected chi connectivity index (χ2v) is 11.5. The number of anilines is 1. The third-order valence-corrected chi connectivity index (χ3v) is 8.45. The SMILES string of the molecule is Cn1c(-c2cn(C3CC3)nc2C(F)(F)F)cnc1C(=O)Nc1ccc(C(=O)N2CCN(C(=O)C3CCNC3)CC2)c(Cl)c1. The van der Waals surface area contributed by atoms with Gasteiger partial charge in [-0.25, -0.2) is 4.98 Å². The van der Waals surface area contributed by atoms with Gasteiger partial charge in [0.05, 0.1) is 40.0 Å². The van der Waals surface area contributed by atoms with Gasteiger partial charge in [0, 0.05) is 51.7 Å². The van der Waals surface area contributed by atoms with Gasteiger partial charge in [-0.2, -0.15) is 18.3 Å². The molecule has 1 unspecified atom stereocenters. The highest BCUT2D eigenvalue weighted by Gasteiger charge is 2.40. The van der Waals surface area contributed by atoms with Crippen LogP contribution in [-0.2, 0) is 18.0 Å². The Balaban J connectivity index is 1.12. The van der Waals surface area contributed by atoms with E-state index < -0.39 is 17.8 Å². The number of halogens is 4. The zero-order valence-corrected chi connectivity index (χ0v) is 24.1. The van der Waals surface area contributed by atoms with Crippen LogP contribution in [0.1, 0.15) is 52.0 Å². The predicted molar refractivity (Wildman–Crippen MR) is 151 cm³/mol. The molecule has 15 heteroatoms. The van der Waals surface area contributed by atoms with Gasteiger partial charge in [0.1, 0.15) is 0 Å². The number of rotatable bonds is 6. The molecule has 2 aliphatic heterocycles. The van der Waals surface area contributed by atoms with E-state index in [1.165, 1.54) is 46.9 Å². The number of amides is 3. The van der Waals surface area contributed by atoms with Crippen LogP contribution in [0.4, 0.5) is 18.9 Å². The Bertz CT molecular complexity index is 1570. The molecule has 3 fully saturated rings. The number of imidazole rings is 1. The summed E-state index contributed by atoms with van der Waals surface area (Å²) in [5.41, 5.74) is -0.536. The van der Waals surface area contributed by atoms with Crippen LogP contribution in [0.2, 0.25) is 5.02 Å². The first kappa shape index (κ1) is 29.2. The van der Waals surface area contributed by atoms with Gasteiger partial charge in [0.15, 0.2) is 11.5 Å². The maximum atomic E-state index is 13.7. The highest BCUT2D eigenvalue weighted by Crippen LogP contribution is 2.41. The van der Waals surface area contributed by atoms with Gasteiger partial charge in [-0.05, 0) is 44.0 Å². The molecule has 3 aliphatic rings. The molecule has 43 heavy (non-hydrogen) atoms. The van der Waals surface area contributed by atoms with Gasteiger partial charge >= 0.3 is 6.18 Å². The van der Waals surface area contributed by atoms with Crippen molar-refractivity contribution in [1.29, 1.82) is 0 Å². The number of benzene rings is 1. The summed E-state index contributed by atoms with van der Waals surface area (Å²) < 4.78 is 43.8. The molecule has 2 saturated heterocycles. The van der Waals surface area contributed by atoms with E-state index in [0.717, 1.165) is 25.8 Å². The normalized spacial score (nSPS) is 19.1. The Labute approximate surface area is 250 Å². The minimum atomic E-state index is -4.67. The zero-order valence-electron chi connectivity index (χ0n) is 23.3. The van der Waals surface area contributed by atoms with Crippen molar-refractivity contribution >= 4 is 35.0 Å². The molecule has 0 spiro atoms. The van der Waals surface area contributed by atoms with Crippen LogP contribution < -0.4 is 10.6 Å². The first-order valence-electron chi connectivity index (χ1n) is 14.1. The number of nitrogens with zero attached hydrogens (tertiary/aromatic N) is 6. The van der Waals surface area contributed by atoms with Crippen LogP contribution >= 0.6 is 11.6 Å². The van der Waals surface area contributed by atoms with Crippen LogP contribution in [0.15, 0.2) is 30.6 Å². The second-order valence-electron chi connectivity index (χ2n) is 11.1. The number of nitrogens with one attached hydrogen (secondary N) is 2. The highest BCUT2D eigenvalue weighted by atomic mass is 35.5. The van der Waals surface area contributed by atoms with E-state index >= 15 is 0 Å². The zero-order chi connectivity index (χ0) is 30.5. The molecular weight excluding hydrogens is 589 g/mol. The number of carbonyl (C=O) groups excluding carboxylic acids is 3. The Morgan fingerprint density at radius 3 is 2.42 bits per heavy atom. The summed E-state index contributed by atoms with van der Waals surface area (Å²) in [7, 11) is 1.46. The van der Waals surface area contributed by atoms with Crippen molar-refractivity contribution in [2.24, 2.45) is 13.0 Å². The van der Waals surface area contributed by atoms with Crippen molar-refractivity contribution in [2.45, 2.75) is 31.5 Å². The number of hydrogen-bond acceptors (Lipinski definition) is 6. The molecule has 1 aromatic carbocycles. The first-order chi connectivity index (χ1) is 20.5. The van der Waals surface area contributed by atoms with Gasteiger partial charge < -0.3 is 25.0 Å². The van der Waals surface area contributed by atoms with Crippen molar-refractivity contribution in [1.82, 2.24) is 34.4 Å². The van der Waals surface area contributed by atoms with Crippen molar-refractivity contribution in [2.75, 3.05) is 44.6 Å². The lowest BCUT2D eigenvalue weighted by Crippen LogP contribution is -2.52. The maximum Gasteiger partial charge on any atom is 0.435 e. The fourth-order valence-corrected chi connectivity index (χ4v) is 5.82. The monoisotopic (exact) mass is 618 g/mol. The van der Waals surface area contributed by atoms with E-state index in [4.69, 9.17) is 11.6 Å². The molecule has 6 rings (SSSR count). The lowest BCUT2D eigenvalue weighted by molar-refractivity contribution is -0.141. The molecule has 0 bridgehead atoms. The summed E-state index contributed by atoms with van der Waals surface area (Å²) in [4.78, 5) is 46.4. The maximum absolute atomic E-state index is 13.7. The topological polar surface area (TPSA) is 117 Å². The summed E-state index contributed by atoms with van der Waals surface area (Å²) in [5, 5.41) is 9.73. The van der Waals surface area contributed by atoms with Crippen LogP contribution in [0.3, 0.4) is 0 Å². The van der Waals surface area contributed by atoms with Crippen molar-refractivity contribution in [3.63, 3.8) is 0 Å². The number of hydrogen-bond donors (Lipinski definition) is 2. The molecule has 228 valence electrons. The minimum Gasteiger partial charge on any atom is -0.339 e. The van der Waals surface area contributed by atoms with Crippen molar-refractivity contribution in [3.8, 4) is 11.3 Å². The summed E-state index contributed by atoms with van der Waals surface area (Å²) in [6.45, 7) is 3.19. The van der Waals surface area contributed by atoms with Crippen LogP contribution in [0.5, 0.6) is 0 Å². The molecule has 1 saturated carbocycles. The summed E-state index contributed by atoms with van der Waals surface area (Å²) in [5.74, 6) is -0.951. The number of aromatic nitrogens is 4. The molecule has 0 radical (unpaired) electrons. The molecule has 11 nitrogen and oxygen atoms in total. The highest BCUT2D eigenvalue weighted by molar-refractivity contribution is 6.34. The van der Waals surface area contributed by atoms with Crippen molar-refractivity contribution < 1.29 is 27.6 Å². The van der Waals surface area contributed by atoms with Gasteiger partial charge in [0.2, 0.25) is 5.91 Å². The summed E-state index contributed by atoms with van der Waals surface area (Å²) in [6.07, 6.45) is 0.241. The van der Waals surface area contributed by atoms with E-state index in [2.05, 4.69) is 20.7 Å². The fourth-order valence-electron chi connectivity index (χ4n) is 5.56. The van der Waals surface area contributed by atoms with E-state index in [0.29, 0.717) is 32.7 Å². The summed E-state index contributed by atoms with van der Waals surface area (Å²) >= 11 is 6.44. The molecular formula is C28H30ClF3N8O3. The van der Waals surface area contributed by atoms with E-state index in [1.807, 2.05) is 0 Å². The molecule has 4 heterocycles. The largest absolute Gasteiger partial charge is 0.435 e. The van der Waals surface area contributed by atoms with E-state index in [1.54, 1.807) is 9.80 Å². The van der Waals surface area contributed by atoms with Gasteiger partial charge in [0.25, 0.3) is 11.8 Å². The van der Waals surface area contributed by atoms with Crippen LogP contribution in [-0.4, -0.2) is 86.1 Å². The molecule has 2 N–H and O–H groups in total. The molecule has 2 aromatic heterocycles. The molecule has 3 amide bonds. The minimum absolute atomic E-state index is 0.0134. The average Bonchev–Trinajstić information content (AvgIpc) is 3.33. The van der Waals surface area contributed by atoms with E-state index in [-0.39, 0.29) is 57.1 Å². The third-order valence-electron chi connectivity index (χ3n) is 8.13.